The Labute approximate surface area is 119 Å². The van der Waals surface area contributed by atoms with E-state index in [0.717, 1.165) is 19.6 Å². The van der Waals surface area contributed by atoms with Gasteiger partial charge in [0.2, 0.25) is 0 Å². The molecule has 0 fully saturated rings. The van der Waals surface area contributed by atoms with Crippen molar-refractivity contribution in [1.82, 2.24) is 5.32 Å². The zero-order valence-corrected chi connectivity index (χ0v) is 12.8. The predicted molar refractivity (Wildman–Crippen MR) is 83.9 cm³/mol. The fourth-order valence-electron chi connectivity index (χ4n) is 2.16. The highest BCUT2D eigenvalue weighted by Gasteiger charge is 2.15. The van der Waals surface area contributed by atoms with Gasteiger partial charge in [0.25, 0.3) is 0 Å². The maximum atomic E-state index is 5.82. The SMILES string of the molecule is CCCNC(COC(C)C)c1cccc2ccsc12. The molecule has 0 bridgehead atoms. The lowest BCUT2D eigenvalue weighted by Crippen LogP contribution is -2.27. The van der Waals surface area contributed by atoms with E-state index in [1.807, 2.05) is 11.3 Å². The normalized spacial score (nSPS) is 13.3. The summed E-state index contributed by atoms with van der Waals surface area (Å²) in [6, 6.07) is 9.00. The Kier molecular flexibility index (Phi) is 5.37. The van der Waals surface area contributed by atoms with E-state index >= 15 is 0 Å². The van der Waals surface area contributed by atoms with Crippen LogP contribution in [0, 0.1) is 0 Å². The van der Waals surface area contributed by atoms with Crippen LogP contribution in [-0.2, 0) is 4.74 Å². The highest BCUT2D eigenvalue weighted by molar-refractivity contribution is 7.17. The highest BCUT2D eigenvalue weighted by Crippen LogP contribution is 2.29. The molecule has 1 heterocycles. The molecule has 3 heteroatoms. The molecule has 0 aliphatic rings. The van der Waals surface area contributed by atoms with E-state index in [-0.39, 0.29) is 12.1 Å². The molecule has 104 valence electrons. The molecular formula is C16H23NOS. The first-order chi connectivity index (χ1) is 9.22. The Morgan fingerprint density at radius 2 is 2.11 bits per heavy atom. The lowest BCUT2D eigenvalue weighted by atomic mass is 10.1. The van der Waals surface area contributed by atoms with E-state index in [2.05, 4.69) is 55.7 Å². The van der Waals surface area contributed by atoms with Gasteiger partial charge in [-0.3, -0.25) is 0 Å². The van der Waals surface area contributed by atoms with Crippen LogP contribution in [0.4, 0.5) is 0 Å². The molecule has 0 saturated heterocycles. The second-order valence-corrected chi connectivity index (χ2v) is 5.99. The van der Waals surface area contributed by atoms with Crippen molar-refractivity contribution in [3.05, 3.63) is 35.2 Å². The fourth-order valence-corrected chi connectivity index (χ4v) is 3.13. The Hall–Kier alpha value is -0.900. The van der Waals surface area contributed by atoms with Gasteiger partial charge in [-0.2, -0.15) is 0 Å². The molecule has 19 heavy (non-hydrogen) atoms. The van der Waals surface area contributed by atoms with Gasteiger partial charge in [0.05, 0.1) is 18.8 Å². The molecule has 0 spiro atoms. The summed E-state index contributed by atoms with van der Waals surface area (Å²) >= 11 is 1.81. The maximum absolute atomic E-state index is 5.82. The molecule has 1 aromatic heterocycles. The van der Waals surface area contributed by atoms with Gasteiger partial charge < -0.3 is 10.1 Å². The van der Waals surface area contributed by atoms with Crippen molar-refractivity contribution < 1.29 is 4.74 Å². The maximum Gasteiger partial charge on any atom is 0.0665 e. The smallest absolute Gasteiger partial charge is 0.0665 e. The zero-order chi connectivity index (χ0) is 13.7. The first kappa shape index (κ1) is 14.5. The van der Waals surface area contributed by atoms with Crippen LogP contribution in [0.15, 0.2) is 29.6 Å². The topological polar surface area (TPSA) is 21.3 Å². The molecule has 2 nitrogen and oxygen atoms in total. The quantitative estimate of drug-likeness (QED) is 0.811. The van der Waals surface area contributed by atoms with Gasteiger partial charge in [0, 0.05) is 4.70 Å². The summed E-state index contributed by atoms with van der Waals surface area (Å²) in [6.07, 6.45) is 1.41. The number of hydrogen-bond acceptors (Lipinski definition) is 3. The van der Waals surface area contributed by atoms with E-state index in [1.165, 1.54) is 15.6 Å². The number of nitrogens with one attached hydrogen (secondary N) is 1. The van der Waals surface area contributed by atoms with Crippen LogP contribution in [0.2, 0.25) is 0 Å². The van der Waals surface area contributed by atoms with Crippen molar-refractivity contribution in [3.63, 3.8) is 0 Å². The van der Waals surface area contributed by atoms with Gasteiger partial charge in [-0.05, 0) is 49.2 Å². The first-order valence-corrected chi connectivity index (χ1v) is 7.91. The second-order valence-electron chi connectivity index (χ2n) is 5.07. The number of hydrogen-bond donors (Lipinski definition) is 1. The van der Waals surface area contributed by atoms with Gasteiger partial charge in [-0.15, -0.1) is 11.3 Å². The Morgan fingerprint density at radius 1 is 1.26 bits per heavy atom. The number of fused-ring (bicyclic) bond motifs is 1. The average molecular weight is 277 g/mol. The summed E-state index contributed by atoms with van der Waals surface area (Å²) in [5.41, 5.74) is 1.36. The molecule has 1 atom stereocenters. The molecule has 0 aliphatic heterocycles. The second kappa shape index (κ2) is 7.04. The highest BCUT2D eigenvalue weighted by atomic mass is 32.1. The summed E-state index contributed by atoms with van der Waals surface area (Å²) in [4.78, 5) is 0. The van der Waals surface area contributed by atoms with E-state index in [1.54, 1.807) is 0 Å². The molecule has 1 N–H and O–H groups in total. The van der Waals surface area contributed by atoms with Crippen molar-refractivity contribution >= 4 is 21.4 Å². The number of rotatable bonds is 7. The van der Waals surface area contributed by atoms with E-state index in [9.17, 15) is 0 Å². The minimum Gasteiger partial charge on any atom is -0.377 e. The zero-order valence-electron chi connectivity index (χ0n) is 12.0. The third-order valence-electron chi connectivity index (χ3n) is 3.12. The van der Waals surface area contributed by atoms with Crippen LogP contribution < -0.4 is 5.32 Å². The molecule has 1 unspecified atom stereocenters. The first-order valence-electron chi connectivity index (χ1n) is 7.03. The predicted octanol–water partition coefficient (Wildman–Crippen LogP) is 4.37. The number of ether oxygens (including phenoxy) is 1. The Bertz CT molecular complexity index is 506. The van der Waals surface area contributed by atoms with Gasteiger partial charge in [-0.1, -0.05) is 25.1 Å². The number of thiophene rings is 1. The molecule has 0 aliphatic carbocycles. The summed E-state index contributed by atoms with van der Waals surface area (Å²) in [5, 5.41) is 7.09. The average Bonchev–Trinajstić information content (AvgIpc) is 2.87. The van der Waals surface area contributed by atoms with Crippen LogP contribution in [0.1, 0.15) is 38.8 Å². The third kappa shape index (κ3) is 3.78. The van der Waals surface area contributed by atoms with Crippen LogP contribution >= 0.6 is 11.3 Å². The molecule has 2 rings (SSSR count). The van der Waals surface area contributed by atoms with Crippen LogP contribution in [-0.4, -0.2) is 19.3 Å². The van der Waals surface area contributed by atoms with Crippen molar-refractivity contribution in [3.8, 4) is 0 Å². The molecule has 0 amide bonds. The summed E-state index contributed by atoms with van der Waals surface area (Å²) < 4.78 is 7.20. The van der Waals surface area contributed by atoms with Crippen LogP contribution in [0.5, 0.6) is 0 Å². The standard InChI is InChI=1S/C16H23NOS/c1-4-9-17-15(11-18-12(2)3)14-7-5-6-13-8-10-19-16(13)14/h5-8,10,12,15,17H,4,9,11H2,1-3H3. The molecule has 1 aromatic carbocycles. The van der Waals surface area contributed by atoms with Crippen molar-refractivity contribution in [1.29, 1.82) is 0 Å². The van der Waals surface area contributed by atoms with Crippen molar-refractivity contribution in [2.75, 3.05) is 13.2 Å². The minimum absolute atomic E-state index is 0.272. The molecule has 0 radical (unpaired) electrons. The monoisotopic (exact) mass is 277 g/mol. The van der Waals surface area contributed by atoms with Gasteiger partial charge in [-0.25, -0.2) is 0 Å². The molecule has 0 saturated carbocycles. The van der Waals surface area contributed by atoms with Crippen molar-refractivity contribution in [2.24, 2.45) is 0 Å². The number of benzene rings is 1. The largest absolute Gasteiger partial charge is 0.377 e. The van der Waals surface area contributed by atoms with Crippen LogP contribution in [0.25, 0.3) is 10.1 Å². The molecular weight excluding hydrogens is 254 g/mol. The van der Waals surface area contributed by atoms with Gasteiger partial charge >= 0.3 is 0 Å². The minimum atomic E-state index is 0.272. The lowest BCUT2D eigenvalue weighted by Gasteiger charge is -2.21. The summed E-state index contributed by atoms with van der Waals surface area (Å²) in [6.45, 7) is 8.12. The van der Waals surface area contributed by atoms with Gasteiger partial charge in [0.15, 0.2) is 0 Å². The van der Waals surface area contributed by atoms with E-state index in [4.69, 9.17) is 4.74 Å². The summed E-state index contributed by atoms with van der Waals surface area (Å²) in [7, 11) is 0. The van der Waals surface area contributed by atoms with Crippen LogP contribution in [0.3, 0.4) is 0 Å². The summed E-state index contributed by atoms with van der Waals surface area (Å²) in [5.74, 6) is 0. The Morgan fingerprint density at radius 3 is 2.84 bits per heavy atom. The van der Waals surface area contributed by atoms with E-state index < -0.39 is 0 Å². The fraction of sp³-hybridized carbons (Fsp3) is 0.500. The molecule has 2 aromatic rings. The van der Waals surface area contributed by atoms with Crippen molar-refractivity contribution in [2.45, 2.75) is 39.3 Å². The van der Waals surface area contributed by atoms with E-state index in [0.29, 0.717) is 0 Å². The van der Waals surface area contributed by atoms with Gasteiger partial charge in [0.1, 0.15) is 0 Å². The third-order valence-corrected chi connectivity index (χ3v) is 4.10. The Balaban J connectivity index is 2.22. The lowest BCUT2D eigenvalue weighted by molar-refractivity contribution is 0.0614.